The van der Waals surface area contributed by atoms with Crippen molar-refractivity contribution in [2.75, 3.05) is 0 Å². The first kappa shape index (κ1) is 11.0. The number of carbonyl (C=O) groups is 1. The number of hydrogen-bond acceptors (Lipinski definition) is 2. The molecule has 0 saturated heterocycles. The van der Waals surface area contributed by atoms with Gasteiger partial charge < -0.3 is 0 Å². The molecule has 88 valence electrons. The molecule has 0 amide bonds. The van der Waals surface area contributed by atoms with E-state index >= 15 is 0 Å². The van der Waals surface area contributed by atoms with Crippen LogP contribution in [0.5, 0.6) is 0 Å². The van der Waals surface area contributed by atoms with Crippen LogP contribution in [0.3, 0.4) is 0 Å². The molecule has 1 heterocycles. The summed E-state index contributed by atoms with van der Waals surface area (Å²) in [5, 5.41) is 8.24. The number of nitrogens with zero attached hydrogens (tertiary/aromatic N) is 1. The fourth-order valence-electron chi connectivity index (χ4n) is 2.49. The normalized spacial score (nSPS) is 12.1. The summed E-state index contributed by atoms with van der Waals surface area (Å²) in [5.41, 5.74) is 4.19. The van der Waals surface area contributed by atoms with Gasteiger partial charge in [-0.05, 0) is 6.07 Å². The van der Waals surface area contributed by atoms with E-state index in [2.05, 4.69) is 10.2 Å². The van der Waals surface area contributed by atoms with Gasteiger partial charge in [-0.1, -0.05) is 36.4 Å². The van der Waals surface area contributed by atoms with Crippen molar-refractivity contribution in [3.63, 3.8) is 0 Å². The maximum absolute atomic E-state index is 12.4. The summed E-state index contributed by atoms with van der Waals surface area (Å²) < 4.78 is 0. The van der Waals surface area contributed by atoms with Crippen LogP contribution < -0.4 is 0 Å². The fraction of sp³-hybridized carbons (Fsp3) is 0. The molecule has 1 aromatic heterocycles. The zero-order chi connectivity index (χ0) is 11.4. The smallest absolute Gasteiger partial charge is 0.194 e. The van der Waals surface area contributed by atoms with E-state index in [-0.39, 0.29) is 18.2 Å². The molecule has 1 aliphatic carbocycles. The lowest BCUT2D eigenvalue weighted by atomic mass is 9.87. The van der Waals surface area contributed by atoms with Crippen molar-refractivity contribution in [1.29, 1.82) is 0 Å². The van der Waals surface area contributed by atoms with Crippen LogP contribution in [0, 0.1) is 0 Å². The molecular weight excluding hydrogens is 248 g/mol. The number of H-pyrrole nitrogens is 1. The third kappa shape index (κ3) is 1.19. The highest BCUT2D eigenvalue weighted by atomic mass is 35.5. The number of hydrogen-bond donors (Lipinski definition) is 1. The molecule has 0 saturated carbocycles. The summed E-state index contributed by atoms with van der Waals surface area (Å²) in [6, 6.07) is 13.3. The summed E-state index contributed by atoms with van der Waals surface area (Å²) in [4.78, 5) is 12.4. The topological polar surface area (TPSA) is 45.8 Å². The molecule has 4 rings (SSSR count). The molecule has 0 atom stereocenters. The highest BCUT2D eigenvalue weighted by molar-refractivity contribution is 6.24. The number of aromatic nitrogens is 2. The standard InChI is InChI=1S/C14H8N2O.ClH/c17-14-9-5-2-1-4-8(9)13-12-10(14)6-3-7-11(12)15-16-13;/h1-7H,(H,15,16);1H. The largest absolute Gasteiger partial charge is 0.289 e. The first-order chi connectivity index (χ1) is 8.36. The molecule has 2 aromatic carbocycles. The van der Waals surface area contributed by atoms with Crippen LogP contribution in [0.1, 0.15) is 15.9 Å². The maximum atomic E-state index is 12.4. The van der Waals surface area contributed by atoms with Gasteiger partial charge in [-0.25, -0.2) is 0 Å². The molecule has 1 aliphatic rings. The number of ketones is 1. The third-order valence-electron chi connectivity index (χ3n) is 3.26. The van der Waals surface area contributed by atoms with Crippen molar-refractivity contribution in [2.24, 2.45) is 0 Å². The highest BCUT2D eigenvalue weighted by Crippen LogP contribution is 2.37. The Labute approximate surface area is 109 Å². The molecule has 3 aromatic rings. The van der Waals surface area contributed by atoms with E-state index in [1.165, 1.54) is 0 Å². The second-order valence-electron chi connectivity index (χ2n) is 4.18. The molecule has 0 radical (unpaired) electrons. The van der Waals surface area contributed by atoms with E-state index in [1.54, 1.807) is 0 Å². The van der Waals surface area contributed by atoms with Gasteiger partial charge in [0.25, 0.3) is 0 Å². The lowest BCUT2D eigenvalue weighted by molar-refractivity contribution is 0.104. The average molecular weight is 257 g/mol. The number of fused-ring (bicyclic) bond motifs is 2. The first-order valence-corrected chi connectivity index (χ1v) is 5.47. The summed E-state index contributed by atoms with van der Waals surface area (Å²) in [5.74, 6) is 0.0834. The van der Waals surface area contributed by atoms with Gasteiger partial charge in [0, 0.05) is 22.1 Å². The van der Waals surface area contributed by atoms with Gasteiger partial charge in [0.05, 0.1) is 5.52 Å². The molecule has 3 nitrogen and oxygen atoms in total. The first-order valence-electron chi connectivity index (χ1n) is 5.47. The van der Waals surface area contributed by atoms with Gasteiger partial charge in [0.2, 0.25) is 0 Å². The average Bonchev–Trinajstić information content (AvgIpc) is 2.81. The molecular formula is C14H9ClN2O. The number of aromatic amines is 1. The van der Waals surface area contributed by atoms with Crippen molar-refractivity contribution in [2.45, 2.75) is 0 Å². The Balaban J connectivity index is 0.000001000. The maximum Gasteiger partial charge on any atom is 0.194 e. The Morgan fingerprint density at radius 1 is 0.889 bits per heavy atom. The van der Waals surface area contributed by atoms with Gasteiger partial charge >= 0.3 is 0 Å². The minimum Gasteiger partial charge on any atom is -0.289 e. The molecule has 0 bridgehead atoms. The Kier molecular flexibility index (Phi) is 2.25. The quantitative estimate of drug-likeness (QED) is 0.525. The Hall–Kier alpha value is -2.13. The molecule has 0 fully saturated rings. The third-order valence-corrected chi connectivity index (χ3v) is 3.26. The molecule has 4 heteroatoms. The lowest BCUT2D eigenvalue weighted by Gasteiger charge is -2.13. The van der Waals surface area contributed by atoms with Gasteiger partial charge in [-0.15, -0.1) is 12.4 Å². The zero-order valence-electron chi connectivity index (χ0n) is 9.31. The summed E-state index contributed by atoms with van der Waals surface area (Å²) >= 11 is 0. The summed E-state index contributed by atoms with van der Waals surface area (Å²) in [6.07, 6.45) is 0. The van der Waals surface area contributed by atoms with Gasteiger partial charge in [-0.2, -0.15) is 5.10 Å². The van der Waals surface area contributed by atoms with Crippen molar-refractivity contribution in [3.05, 3.63) is 53.6 Å². The Morgan fingerprint density at radius 3 is 2.44 bits per heavy atom. The molecule has 18 heavy (non-hydrogen) atoms. The van der Waals surface area contributed by atoms with E-state index in [0.29, 0.717) is 0 Å². The molecule has 0 aliphatic heterocycles. The molecule has 0 spiro atoms. The second-order valence-corrected chi connectivity index (χ2v) is 4.18. The van der Waals surface area contributed by atoms with Crippen LogP contribution in [-0.4, -0.2) is 16.0 Å². The van der Waals surface area contributed by atoms with Gasteiger partial charge in [0.15, 0.2) is 5.78 Å². The number of rotatable bonds is 0. The Morgan fingerprint density at radius 2 is 1.61 bits per heavy atom. The van der Waals surface area contributed by atoms with Crippen LogP contribution >= 0.6 is 12.4 Å². The predicted octanol–water partition coefficient (Wildman–Crippen LogP) is 3.20. The van der Waals surface area contributed by atoms with Crippen molar-refractivity contribution >= 4 is 29.1 Å². The van der Waals surface area contributed by atoms with E-state index in [0.717, 1.165) is 33.3 Å². The summed E-state index contributed by atoms with van der Waals surface area (Å²) in [6.45, 7) is 0. The monoisotopic (exact) mass is 256 g/mol. The lowest BCUT2D eigenvalue weighted by Crippen LogP contribution is -2.08. The van der Waals surface area contributed by atoms with Crippen molar-refractivity contribution in [1.82, 2.24) is 10.2 Å². The van der Waals surface area contributed by atoms with Crippen LogP contribution in [0.4, 0.5) is 0 Å². The van der Waals surface area contributed by atoms with Crippen LogP contribution in [-0.2, 0) is 0 Å². The second kappa shape index (κ2) is 3.68. The van der Waals surface area contributed by atoms with Crippen LogP contribution in [0.25, 0.3) is 22.2 Å². The van der Waals surface area contributed by atoms with E-state index in [9.17, 15) is 4.79 Å². The van der Waals surface area contributed by atoms with E-state index in [4.69, 9.17) is 0 Å². The number of halogens is 1. The number of benzene rings is 2. The minimum absolute atomic E-state index is 0. The van der Waals surface area contributed by atoms with Crippen LogP contribution in [0.15, 0.2) is 42.5 Å². The van der Waals surface area contributed by atoms with Gasteiger partial charge in [-0.3, -0.25) is 9.89 Å². The van der Waals surface area contributed by atoms with E-state index < -0.39 is 0 Å². The fourth-order valence-corrected chi connectivity index (χ4v) is 2.49. The summed E-state index contributed by atoms with van der Waals surface area (Å²) in [7, 11) is 0. The predicted molar refractivity (Wildman–Crippen MR) is 72.2 cm³/mol. The van der Waals surface area contributed by atoms with Gasteiger partial charge in [0.1, 0.15) is 5.69 Å². The highest BCUT2D eigenvalue weighted by Gasteiger charge is 2.26. The van der Waals surface area contributed by atoms with Crippen molar-refractivity contribution in [3.8, 4) is 11.3 Å². The molecule has 0 unspecified atom stereocenters. The Bertz CT molecular complexity index is 776. The van der Waals surface area contributed by atoms with Crippen LogP contribution in [0.2, 0.25) is 0 Å². The van der Waals surface area contributed by atoms with Crippen molar-refractivity contribution < 1.29 is 4.79 Å². The number of nitrogens with one attached hydrogen (secondary N) is 1. The molecule has 1 N–H and O–H groups in total. The zero-order valence-corrected chi connectivity index (χ0v) is 10.1. The SMILES string of the molecule is Cl.O=C1c2ccccc2-c2n[nH]c3cccc1c23. The minimum atomic E-state index is 0. The van der Waals surface area contributed by atoms with E-state index in [1.807, 2.05) is 42.5 Å². The number of carbonyl (C=O) groups excluding carboxylic acids is 1.